The van der Waals surface area contributed by atoms with Crippen LogP contribution in [-0.2, 0) is 4.79 Å². The predicted octanol–water partition coefficient (Wildman–Crippen LogP) is 7.29. The van der Waals surface area contributed by atoms with E-state index in [1.807, 2.05) is 68.8 Å². The van der Waals surface area contributed by atoms with Crippen molar-refractivity contribution in [1.29, 1.82) is 0 Å². The molecule has 0 spiro atoms. The molecule has 3 aromatic rings. The molecule has 0 fully saturated rings. The summed E-state index contributed by atoms with van der Waals surface area (Å²) in [5.41, 5.74) is 5.13. The van der Waals surface area contributed by atoms with Gasteiger partial charge in [0.25, 0.3) is 5.91 Å². The van der Waals surface area contributed by atoms with Gasteiger partial charge in [-0.15, -0.1) is 5.10 Å². The molecule has 0 saturated heterocycles. The molecule has 9 heteroatoms. The third-order valence-electron chi connectivity index (χ3n) is 7.00. The minimum Gasteiger partial charge on any atom is -0.490 e. The van der Waals surface area contributed by atoms with Crippen LogP contribution < -0.4 is 20.1 Å². The molecule has 40 heavy (non-hydrogen) atoms. The number of anilines is 2. The number of carbonyl (C=O) groups excluding carboxylic acids is 1. The lowest BCUT2D eigenvalue weighted by molar-refractivity contribution is -0.113. The lowest BCUT2D eigenvalue weighted by atomic mass is 9.94. The maximum absolute atomic E-state index is 14.0. The van der Waals surface area contributed by atoms with Crippen molar-refractivity contribution >= 4 is 29.3 Å². The number of allylic oxidation sites excluding steroid dienone is 1. The van der Waals surface area contributed by atoms with Crippen LogP contribution in [0.1, 0.15) is 76.1 Å². The second kappa shape index (κ2) is 13.7. The summed E-state index contributed by atoms with van der Waals surface area (Å²) < 4.78 is 13.9. The van der Waals surface area contributed by atoms with Crippen molar-refractivity contribution < 1.29 is 14.3 Å². The number of amides is 1. The van der Waals surface area contributed by atoms with E-state index in [9.17, 15) is 4.79 Å². The first-order valence-electron chi connectivity index (χ1n) is 14.2. The number of aryl methyl sites for hydroxylation is 1. The van der Waals surface area contributed by atoms with Crippen molar-refractivity contribution in [3.8, 4) is 11.5 Å². The first-order chi connectivity index (χ1) is 19.4. The Morgan fingerprint density at radius 3 is 2.60 bits per heavy atom. The summed E-state index contributed by atoms with van der Waals surface area (Å²) in [5, 5.41) is 12.0. The van der Waals surface area contributed by atoms with Crippen molar-refractivity contribution in [3.05, 3.63) is 64.4 Å². The van der Waals surface area contributed by atoms with E-state index in [1.165, 1.54) is 0 Å². The molecule has 2 N–H and O–H groups in total. The van der Waals surface area contributed by atoms with Crippen molar-refractivity contribution in [3.63, 3.8) is 0 Å². The number of ether oxygens (including phenoxy) is 2. The summed E-state index contributed by atoms with van der Waals surface area (Å²) in [6.07, 6.45) is 4.21. The molecular weight excluding hydrogens is 522 g/mol. The molecule has 0 aliphatic carbocycles. The Balaban J connectivity index is 1.77. The van der Waals surface area contributed by atoms with E-state index in [1.54, 1.807) is 11.8 Å². The zero-order valence-corrected chi connectivity index (χ0v) is 25.3. The normalized spacial score (nSPS) is 14.5. The highest BCUT2D eigenvalue weighted by Crippen LogP contribution is 2.40. The summed E-state index contributed by atoms with van der Waals surface area (Å²) in [4.78, 5) is 18.7. The third-order valence-corrected chi connectivity index (χ3v) is 7.92. The van der Waals surface area contributed by atoms with E-state index < -0.39 is 6.04 Å². The van der Waals surface area contributed by atoms with Crippen LogP contribution in [0.25, 0.3) is 0 Å². The van der Waals surface area contributed by atoms with Gasteiger partial charge in [0.15, 0.2) is 11.5 Å². The molecule has 0 radical (unpaired) electrons. The Labute approximate surface area is 241 Å². The minimum atomic E-state index is -0.502. The van der Waals surface area contributed by atoms with Gasteiger partial charge in [-0.3, -0.25) is 4.79 Å². The Morgan fingerprint density at radius 2 is 1.85 bits per heavy atom. The Hall–Kier alpha value is -3.46. The van der Waals surface area contributed by atoms with Gasteiger partial charge in [-0.25, -0.2) is 4.68 Å². The van der Waals surface area contributed by atoms with Crippen molar-refractivity contribution in [2.24, 2.45) is 0 Å². The molecule has 214 valence electrons. The van der Waals surface area contributed by atoms with E-state index in [2.05, 4.69) is 24.5 Å². The summed E-state index contributed by atoms with van der Waals surface area (Å²) in [6.45, 7) is 13.4. The van der Waals surface area contributed by atoms with Crippen LogP contribution in [0.5, 0.6) is 11.5 Å². The van der Waals surface area contributed by atoms with Crippen LogP contribution in [0, 0.1) is 13.8 Å². The molecule has 0 saturated carbocycles. The first-order valence-corrected chi connectivity index (χ1v) is 15.2. The SMILES string of the molecule is CCCCOc1ccc(C2C(C(=O)Nc3cccc(C)c3C)=C(C)Nc3nc(SCCCC)nn32)cc1OCC. The average molecular weight is 564 g/mol. The maximum Gasteiger partial charge on any atom is 0.255 e. The number of rotatable bonds is 13. The van der Waals surface area contributed by atoms with Crippen LogP contribution in [-0.4, -0.2) is 39.6 Å². The number of hydrogen-bond acceptors (Lipinski definition) is 7. The quantitative estimate of drug-likeness (QED) is 0.167. The molecular formula is C31H41N5O3S. The number of benzene rings is 2. The van der Waals surface area contributed by atoms with E-state index in [-0.39, 0.29) is 5.91 Å². The van der Waals surface area contributed by atoms with Gasteiger partial charge in [0.1, 0.15) is 6.04 Å². The number of unbranched alkanes of at least 4 members (excludes halogenated alkanes) is 2. The van der Waals surface area contributed by atoms with Gasteiger partial charge in [-0.1, -0.05) is 56.7 Å². The lowest BCUT2D eigenvalue weighted by Gasteiger charge is -2.29. The van der Waals surface area contributed by atoms with E-state index >= 15 is 0 Å². The summed E-state index contributed by atoms with van der Waals surface area (Å²) in [5.74, 6) is 2.72. The highest BCUT2D eigenvalue weighted by molar-refractivity contribution is 7.99. The predicted molar refractivity (Wildman–Crippen MR) is 163 cm³/mol. The molecule has 4 rings (SSSR count). The van der Waals surface area contributed by atoms with Gasteiger partial charge in [0.05, 0.1) is 18.8 Å². The fourth-order valence-electron chi connectivity index (χ4n) is 4.59. The van der Waals surface area contributed by atoms with Crippen molar-refractivity contribution in [2.45, 2.75) is 78.4 Å². The molecule has 2 heterocycles. The van der Waals surface area contributed by atoms with Crippen LogP contribution in [0.3, 0.4) is 0 Å². The molecule has 1 unspecified atom stereocenters. The van der Waals surface area contributed by atoms with Gasteiger partial charge >= 0.3 is 0 Å². The van der Waals surface area contributed by atoms with Crippen molar-refractivity contribution in [1.82, 2.24) is 14.8 Å². The Bertz CT molecular complexity index is 1370. The topological polar surface area (TPSA) is 90.3 Å². The monoisotopic (exact) mass is 563 g/mol. The fourth-order valence-corrected chi connectivity index (χ4v) is 5.50. The average Bonchev–Trinajstić information content (AvgIpc) is 3.33. The van der Waals surface area contributed by atoms with Gasteiger partial charge < -0.3 is 20.1 Å². The maximum atomic E-state index is 14.0. The summed E-state index contributed by atoms with van der Waals surface area (Å²) in [7, 11) is 0. The fraction of sp³-hybridized carbons (Fsp3) is 0.452. The van der Waals surface area contributed by atoms with Gasteiger partial charge in [0, 0.05) is 17.1 Å². The van der Waals surface area contributed by atoms with Gasteiger partial charge in [-0.05, 0) is 75.4 Å². The molecule has 0 bridgehead atoms. The first kappa shape index (κ1) is 29.5. The molecule has 1 aliphatic heterocycles. The second-order valence-electron chi connectivity index (χ2n) is 9.97. The van der Waals surface area contributed by atoms with E-state index in [4.69, 9.17) is 19.6 Å². The molecule has 1 aromatic heterocycles. The zero-order chi connectivity index (χ0) is 28.6. The Morgan fingerprint density at radius 1 is 1.05 bits per heavy atom. The largest absolute Gasteiger partial charge is 0.490 e. The highest BCUT2D eigenvalue weighted by Gasteiger charge is 2.35. The molecule has 2 aromatic carbocycles. The van der Waals surface area contributed by atoms with Crippen LogP contribution in [0.4, 0.5) is 11.6 Å². The lowest BCUT2D eigenvalue weighted by Crippen LogP contribution is -2.31. The number of nitrogens with zero attached hydrogens (tertiary/aromatic N) is 3. The summed E-state index contributed by atoms with van der Waals surface area (Å²) >= 11 is 1.63. The molecule has 8 nitrogen and oxygen atoms in total. The molecule has 1 aliphatic rings. The smallest absolute Gasteiger partial charge is 0.255 e. The number of fused-ring (bicyclic) bond motifs is 1. The number of hydrogen-bond donors (Lipinski definition) is 2. The standard InChI is InChI=1S/C31H41N5O3S/c1-7-10-17-39-25-16-15-23(19-26(25)38-9-3)28-27(29(37)33-24-14-12-13-20(4)21(24)5)22(6)32-30-34-31(35-36(28)30)40-18-11-8-2/h12-16,19,28H,7-11,17-18H2,1-6H3,(H,33,37)(H,32,34,35). The van der Waals surface area contributed by atoms with Crippen LogP contribution in [0.15, 0.2) is 52.8 Å². The zero-order valence-electron chi connectivity index (χ0n) is 24.5. The highest BCUT2D eigenvalue weighted by atomic mass is 32.2. The number of thioether (sulfide) groups is 1. The van der Waals surface area contributed by atoms with E-state index in [0.29, 0.717) is 41.4 Å². The Kier molecular flexibility index (Phi) is 10.1. The van der Waals surface area contributed by atoms with E-state index in [0.717, 1.165) is 59.5 Å². The van der Waals surface area contributed by atoms with Crippen LogP contribution >= 0.6 is 11.8 Å². The van der Waals surface area contributed by atoms with Crippen molar-refractivity contribution in [2.75, 3.05) is 29.6 Å². The minimum absolute atomic E-state index is 0.189. The van der Waals surface area contributed by atoms with Crippen LogP contribution in [0.2, 0.25) is 0 Å². The number of nitrogens with one attached hydrogen (secondary N) is 2. The number of carbonyl (C=O) groups is 1. The summed E-state index contributed by atoms with van der Waals surface area (Å²) in [6, 6.07) is 11.3. The van der Waals surface area contributed by atoms with Gasteiger partial charge in [0.2, 0.25) is 11.1 Å². The second-order valence-corrected chi connectivity index (χ2v) is 11.0. The van der Waals surface area contributed by atoms with Gasteiger partial charge in [-0.2, -0.15) is 4.98 Å². The number of aromatic nitrogens is 3. The molecule has 1 amide bonds. The molecule has 1 atom stereocenters. The third kappa shape index (κ3) is 6.63.